The number of aromatic hydroxyl groups is 1. The van der Waals surface area contributed by atoms with Crippen molar-refractivity contribution in [3.8, 4) is 45.6 Å². The van der Waals surface area contributed by atoms with Crippen LogP contribution in [0.4, 0.5) is 0 Å². The first kappa shape index (κ1) is 32.8. The molecule has 0 radical (unpaired) electrons. The molecule has 0 unspecified atom stereocenters. The number of rotatable bonds is 5. The van der Waals surface area contributed by atoms with Crippen molar-refractivity contribution in [3.05, 3.63) is 114 Å². The summed E-state index contributed by atoms with van der Waals surface area (Å²) in [7, 11) is 0. The van der Waals surface area contributed by atoms with Gasteiger partial charge in [0, 0.05) is 50.1 Å². The number of hydrogen-bond donors (Lipinski definition) is 1. The Morgan fingerprint density at radius 3 is 2.11 bits per heavy atom. The van der Waals surface area contributed by atoms with Crippen molar-refractivity contribution in [1.29, 1.82) is 0 Å². The zero-order valence-corrected chi connectivity index (χ0v) is 30.6. The molecule has 0 saturated carbocycles. The summed E-state index contributed by atoms with van der Waals surface area (Å²) < 4.78 is 2.22. The molecule has 0 amide bonds. The third kappa shape index (κ3) is 5.06. The standard InChI is InChI=1S/C41H41N4O.Pt/c1-24(2)27-15-11-16-28(25(3)4)38(27)45-23-33(44-39(45)36-29-14-10-9-13-26(29)21-22-42-36)32-20-19-31-37(43-32)35-30(17-12-18-34(35)46)40(5,6)41(31,7)8;/h9-13,15-25,46H,1-8H3;/q-1;. The van der Waals surface area contributed by atoms with Crippen molar-refractivity contribution in [2.75, 3.05) is 0 Å². The minimum absolute atomic E-state index is 0. The van der Waals surface area contributed by atoms with Gasteiger partial charge in [0.05, 0.1) is 17.1 Å². The second-order valence-corrected chi connectivity index (χ2v) is 14.3. The largest absolute Gasteiger partial charge is 0.507 e. The van der Waals surface area contributed by atoms with Crippen LogP contribution in [0, 0.1) is 6.07 Å². The van der Waals surface area contributed by atoms with Crippen molar-refractivity contribution < 1.29 is 26.2 Å². The van der Waals surface area contributed by atoms with Crippen LogP contribution in [-0.4, -0.2) is 24.6 Å². The van der Waals surface area contributed by atoms with E-state index < -0.39 is 0 Å². The van der Waals surface area contributed by atoms with E-state index in [1.807, 2.05) is 30.5 Å². The summed E-state index contributed by atoms with van der Waals surface area (Å²) >= 11 is 0. The number of pyridine rings is 2. The van der Waals surface area contributed by atoms with Gasteiger partial charge in [0.1, 0.15) is 17.3 Å². The molecule has 242 valence electrons. The fraction of sp³-hybridized carbons (Fsp3) is 0.293. The maximum Gasteiger partial charge on any atom is 0.125 e. The summed E-state index contributed by atoms with van der Waals surface area (Å²) in [5, 5.41) is 13.2. The van der Waals surface area contributed by atoms with Crippen LogP contribution >= 0.6 is 0 Å². The fourth-order valence-corrected chi connectivity index (χ4v) is 7.13. The van der Waals surface area contributed by atoms with Crippen LogP contribution < -0.4 is 0 Å². The molecule has 0 saturated heterocycles. The van der Waals surface area contributed by atoms with Crippen LogP contribution in [-0.2, 0) is 31.9 Å². The maximum atomic E-state index is 11.2. The quantitative estimate of drug-likeness (QED) is 0.177. The van der Waals surface area contributed by atoms with Crippen LogP contribution in [0.5, 0.6) is 5.75 Å². The average Bonchev–Trinajstić information content (AvgIpc) is 3.48. The van der Waals surface area contributed by atoms with Crippen molar-refractivity contribution in [1.82, 2.24) is 19.5 Å². The molecular weight excluding hydrogens is 760 g/mol. The second kappa shape index (κ2) is 11.9. The first-order valence-corrected chi connectivity index (χ1v) is 16.2. The Bertz CT molecular complexity index is 2110. The Labute approximate surface area is 292 Å². The first-order chi connectivity index (χ1) is 21.9. The van der Waals surface area contributed by atoms with E-state index >= 15 is 0 Å². The van der Waals surface area contributed by atoms with Gasteiger partial charge < -0.3 is 14.7 Å². The summed E-state index contributed by atoms with van der Waals surface area (Å²) in [6, 6.07) is 28.2. The molecule has 3 heterocycles. The van der Waals surface area contributed by atoms with Crippen molar-refractivity contribution in [3.63, 3.8) is 0 Å². The molecule has 0 spiro atoms. The number of nitrogens with zero attached hydrogens (tertiary/aromatic N) is 4. The first-order valence-electron chi connectivity index (χ1n) is 16.2. The van der Waals surface area contributed by atoms with Gasteiger partial charge in [-0.1, -0.05) is 97.9 Å². The number of para-hydroxylation sites is 1. The van der Waals surface area contributed by atoms with E-state index in [0.717, 1.165) is 61.8 Å². The van der Waals surface area contributed by atoms with Gasteiger partial charge in [0.15, 0.2) is 0 Å². The van der Waals surface area contributed by atoms with Gasteiger partial charge in [-0.25, -0.2) is 9.97 Å². The van der Waals surface area contributed by atoms with Gasteiger partial charge in [-0.2, -0.15) is 0 Å². The number of imidazole rings is 1. The molecule has 1 aliphatic rings. The number of phenolic OH excluding ortho intramolecular Hbond substituents is 1. The topological polar surface area (TPSA) is 63.8 Å². The summed E-state index contributed by atoms with van der Waals surface area (Å²) in [6.45, 7) is 18.0. The predicted molar refractivity (Wildman–Crippen MR) is 188 cm³/mol. The summed E-state index contributed by atoms with van der Waals surface area (Å²) in [6.07, 6.45) is 3.97. The number of benzene rings is 3. The van der Waals surface area contributed by atoms with Crippen LogP contribution in [0.1, 0.15) is 89.5 Å². The summed E-state index contributed by atoms with van der Waals surface area (Å²) in [4.78, 5) is 15.5. The van der Waals surface area contributed by atoms with Gasteiger partial charge in [-0.15, -0.1) is 35.0 Å². The minimum Gasteiger partial charge on any atom is -0.507 e. The molecular formula is C41H41N4OPt-. The van der Waals surface area contributed by atoms with Crippen LogP contribution in [0.3, 0.4) is 0 Å². The summed E-state index contributed by atoms with van der Waals surface area (Å²) in [5.41, 5.74) is 9.33. The van der Waals surface area contributed by atoms with E-state index in [0.29, 0.717) is 11.8 Å². The SMILES string of the molecule is CC(C)c1cccc(C(C)C)c1-n1cc(-c2ccc3c(n2)-c2c(O)cccc2C(C)(C)C3(C)C)nc1-c1nccc2ccc[c-]c12.[Pt]. The molecule has 0 bridgehead atoms. The van der Waals surface area contributed by atoms with Gasteiger partial charge in [-0.05, 0) is 51.6 Å². The molecule has 1 aliphatic carbocycles. The third-order valence-electron chi connectivity index (χ3n) is 10.4. The van der Waals surface area contributed by atoms with E-state index in [4.69, 9.17) is 15.0 Å². The molecule has 6 aromatic rings. The number of aromatic nitrogens is 4. The second-order valence-electron chi connectivity index (χ2n) is 14.3. The van der Waals surface area contributed by atoms with Gasteiger partial charge in [-0.3, -0.25) is 0 Å². The number of fused-ring (bicyclic) bond motifs is 4. The van der Waals surface area contributed by atoms with Crippen LogP contribution in [0.25, 0.3) is 50.6 Å². The van der Waals surface area contributed by atoms with Gasteiger partial charge in [0.2, 0.25) is 0 Å². The molecule has 0 aliphatic heterocycles. The zero-order chi connectivity index (χ0) is 32.5. The van der Waals surface area contributed by atoms with Crippen molar-refractivity contribution in [2.45, 2.75) is 78.1 Å². The normalized spacial score (nSPS) is 14.6. The molecule has 6 heteroatoms. The Morgan fingerprint density at radius 2 is 1.40 bits per heavy atom. The molecule has 0 atom stereocenters. The van der Waals surface area contributed by atoms with Crippen molar-refractivity contribution >= 4 is 10.8 Å². The molecule has 1 N–H and O–H groups in total. The van der Waals surface area contributed by atoms with Gasteiger partial charge in [0.25, 0.3) is 0 Å². The molecule has 7 rings (SSSR count). The van der Waals surface area contributed by atoms with E-state index in [9.17, 15) is 5.11 Å². The number of phenols is 1. The monoisotopic (exact) mass is 800 g/mol. The van der Waals surface area contributed by atoms with E-state index in [1.54, 1.807) is 6.07 Å². The smallest absolute Gasteiger partial charge is 0.125 e. The Hall–Kier alpha value is -4.08. The van der Waals surface area contributed by atoms with Crippen molar-refractivity contribution in [2.24, 2.45) is 0 Å². The van der Waals surface area contributed by atoms with E-state index in [2.05, 4.69) is 115 Å². The van der Waals surface area contributed by atoms with E-state index in [-0.39, 0.29) is 37.6 Å². The predicted octanol–water partition coefficient (Wildman–Crippen LogP) is 10.1. The molecule has 5 nitrogen and oxygen atoms in total. The Balaban J connectivity index is 0.00000386. The minimum atomic E-state index is -0.218. The third-order valence-corrected chi connectivity index (χ3v) is 10.4. The number of hydrogen-bond acceptors (Lipinski definition) is 4. The molecule has 3 aromatic carbocycles. The average molecular weight is 801 g/mol. The zero-order valence-electron chi connectivity index (χ0n) is 28.3. The van der Waals surface area contributed by atoms with Crippen LogP contribution in [0.15, 0.2) is 85.2 Å². The maximum absolute atomic E-state index is 11.2. The fourth-order valence-electron chi connectivity index (χ4n) is 7.13. The Kier molecular flexibility index (Phi) is 8.29. The Morgan fingerprint density at radius 1 is 0.723 bits per heavy atom. The molecule has 3 aromatic heterocycles. The summed E-state index contributed by atoms with van der Waals surface area (Å²) in [5.74, 6) is 1.60. The van der Waals surface area contributed by atoms with E-state index in [1.165, 1.54) is 11.1 Å². The van der Waals surface area contributed by atoms with Gasteiger partial charge >= 0.3 is 0 Å². The van der Waals surface area contributed by atoms with Crippen LogP contribution in [0.2, 0.25) is 0 Å². The molecule has 47 heavy (non-hydrogen) atoms. The molecule has 0 fully saturated rings.